The van der Waals surface area contributed by atoms with Crippen molar-refractivity contribution in [3.63, 3.8) is 0 Å². The van der Waals surface area contributed by atoms with Gasteiger partial charge < -0.3 is 10.1 Å². The summed E-state index contributed by atoms with van der Waals surface area (Å²) in [5.41, 5.74) is 2.40. The van der Waals surface area contributed by atoms with E-state index in [0.717, 1.165) is 43.7 Å². The van der Waals surface area contributed by atoms with Gasteiger partial charge in [0.05, 0.1) is 5.71 Å². The van der Waals surface area contributed by atoms with Crippen LogP contribution >= 0.6 is 0 Å². The third-order valence-electron chi connectivity index (χ3n) is 4.53. The maximum Gasteiger partial charge on any atom is 0.0571 e. The molecule has 1 atom stereocenters. The summed E-state index contributed by atoms with van der Waals surface area (Å²) in [6.07, 6.45) is 6.55. The zero-order valence-corrected chi connectivity index (χ0v) is 12.6. The van der Waals surface area contributed by atoms with Gasteiger partial charge in [0, 0.05) is 6.04 Å². The van der Waals surface area contributed by atoms with E-state index in [2.05, 4.69) is 54.5 Å². The lowest BCUT2D eigenvalue weighted by Gasteiger charge is -2.35. The average molecular weight is 274 g/mol. The van der Waals surface area contributed by atoms with Crippen LogP contribution < -0.4 is 0 Å². The normalized spacial score (nSPS) is 20.9. The first-order valence-corrected chi connectivity index (χ1v) is 7.61. The van der Waals surface area contributed by atoms with E-state index in [9.17, 15) is 0 Å². The number of oxime groups is 1. The number of benzene rings is 1. The Kier molecular flexibility index (Phi) is 5.60. The minimum atomic E-state index is 0.621. The molecule has 0 heterocycles. The molecule has 3 heteroatoms. The van der Waals surface area contributed by atoms with Crippen molar-refractivity contribution in [2.24, 2.45) is 11.1 Å². The molecule has 0 aromatic heterocycles. The number of nitrogens with zero attached hydrogens (tertiary/aromatic N) is 2. The monoisotopic (exact) mass is 274 g/mol. The summed E-state index contributed by atoms with van der Waals surface area (Å²) in [5, 5.41) is 12.2. The summed E-state index contributed by atoms with van der Waals surface area (Å²) in [6, 6.07) is 11.4. The van der Waals surface area contributed by atoms with Gasteiger partial charge in [-0.1, -0.05) is 35.5 Å². The van der Waals surface area contributed by atoms with Crippen molar-refractivity contribution >= 4 is 5.71 Å². The Morgan fingerprint density at radius 1 is 1.20 bits per heavy atom. The fraction of sp³-hybridized carbons (Fsp3) is 0.588. The molecular weight excluding hydrogens is 248 g/mol. The Balaban J connectivity index is 1.91. The summed E-state index contributed by atoms with van der Waals surface area (Å²) in [4.78, 5) is 2.37. The Labute approximate surface area is 122 Å². The van der Waals surface area contributed by atoms with Gasteiger partial charge in [-0.3, -0.25) is 0 Å². The molecule has 0 saturated heterocycles. The van der Waals surface area contributed by atoms with Crippen LogP contribution in [0.2, 0.25) is 0 Å². The van der Waals surface area contributed by atoms with Crippen LogP contribution in [0.25, 0.3) is 0 Å². The van der Waals surface area contributed by atoms with Crippen LogP contribution in [0.3, 0.4) is 0 Å². The van der Waals surface area contributed by atoms with E-state index in [1.54, 1.807) is 0 Å². The van der Waals surface area contributed by atoms with Crippen molar-refractivity contribution in [3.8, 4) is 0 Å². The Morgan fingerprint density at radius 3 is 2.40 bits per heavy atom. The van der Waals surface area contributed by atoms with Crippen LogP contribution in [0.15, 0.2) is 35.5 Å². The predicted molar refractivity (Wildman–Crippen MR) is 83.4 cm³/mol. The third kappa shape index (κ3) is 4.07. The van der Waals surface area contributed by atoms with E-state index in [4.69, 9.17) is 5.21 Å². The minimum Gasteiger partial charge on any atom is -0.411 e. The van der Waals surface area contributed by atoms with Gasteiger partial charge in [0.25, 0.3) is 0 Å². The van der Waals surface area contributed by atoms with Crippen molar-refractivity contribution in [1.29, 1.82) is 0 Å². The molecule has 0 radical (unpaired) electrons. The number of hydrogen-bond donors (Lipinski definition) is 1. The average Bonchev–Trinajstić information content (AvgIpc) is 2.49. The van der Waals surface area contributed by atoms with Crippen molar-refractivity contribution in [3.05, 3.63) is 35.9 Å². The largest absolute Gasteiger partial charge is 0.411 e. The summed E-state index contributed by atoms with van der Waals surface area (Å²) in [7, 11) is 4.37. The minimum absolute atomic E-state index is 0.621. The van der Waals surface area contributed by atoms with Crippen LogP contribution in [0.5, 0.6) is 0 Å². The van der Waals surface area contributed by atoms with E-state index >= 15 is 0 Å². The van der Waals surface area contributed by atoms with Crippen molar-refractivity contribution in [2.75, 3.05) is 14.1 Å². The molecule has 1 N–H and O–H groups in total. The maximum atomic E-state index is 8.85. The molecule has 1 unspecified atom stereocenters. The van der Waals surface area contributed by atoms with Gasteiger partial charge in [-0.05, 0) is 64.1 Å². The molecule has 1 aromatic rings. The first-order chi connectivity index (χ1) is 9.70. The third-order valence-corrected chi connectivity index (χ3v) is 4.53. The van der Waals surface area contributed by atoms with Crippen LogP contribution in [0.1, 0.15) is 37.7 Å². The van der Waals surface area contributed by atoms with Crippen LogP contribution in [-0.4, -0.2) is 36.0 Å². The molecule has 1 fully saturated rings. The molecule has 1 aromatic carbocycles. The highest BCUT2D eigenvalue weighted by Crippen LogP contribution is 2.29. The van der Waals surface area contributed by atoms with Gasteiger partial charge in [0.15, 0.2) is 0 Å². The molecule has 20 heavy (non-hydrogen) atoms. The fourth-order valence-electron chi connectivity index (χ4n) is 3.33. The molecule has 2 rings (SSSR count). The van der Waals surface area contributed by atoms with Gasteiger partial charge in [-0.2, -0.15) is 0 Å². The van der Waals surface area contributed by atoms with Gasteiger partial charge in [0.1, 0.15) is 0 Å². The fourth-order valence-corrected chi connectivity index (χ4v) is 3.33. The molecule has 1 aliphatic carbocycles. The molecule has 1 aliphatic rings. The quantitative estimate of drug-likeness (QED) is 0.658. The summed E-state index contributed by atoms with van der Waals surface area (Å²) < 4.78 is 0. The van der Waals surface area contributed by atoms with E-state index in [0.29, 0.717) is 6.04 Å². The Morgan fingerprint density at radius 2 is 1.85 bits per heavy atom. The van der Waals surface area contributed by atoms with Crippen LogP contribution in [0, 0.1) is 5.92 Å². The lowest BCUT2D eigenvalue weighted by Crippen LogP contribution is -2.37. The molecule has 1 saturated carbocycles. The topological polar surface area (TPSA) is 35.8 Å². The highest BCUT2D eigenvalue weighted by Gasteiger charge is 2.27. The smallest absolute Gasteiger partial charge is 0.0571 e. The highest BCUT2D eigenvalue weighted by molar-refractivity contribution is 5.84. The van der Waals surface area contributed by atoms with Gasteiger partial charge in [0.2, 0.25) is 0 Å². The summed E-state index contributed by atoms with van der Waals surface area (Å²) in [6.45, 7) is 0. The number of rotatable bonds is 5. The van der Waals surface area contributed by atoms with E-state index in [-0.39, 0.29) is 0 Å². The number of aryl methyl sites for hydroxylation is 1. The molecule has 110 valence electrons. The molecule has 0 bridgehead atoms. The van der Waals surface area contributed by atoms with Crippen molar-refractivity contribution in [2.45, 2.75) is 44.6 Å². The lowest BCUT2D eigenvalue weighted by atomic mass is 9.80. The van der Waals surface area contributed by atoms with Gasteiger partial charge >= 0.3 is 0 Å². The SMILES string of the molecule is CN(C)C(CCc1ccccc1)C1CCC(=NO)CC1. The molecule has 0 amide bonds. The van der Waals surface area contributed by atoms with Crippen LogP contribution in [-0.2, 0) is 6.42 Å². The zero-order valence-electron chi connectivity index (χ0n) is 12.6. The molecule has 0 spiro atoms. The summed E-state index contributed by atoms with van der Waals surface area (Å²) in [5.74, 6) is 0.721. The Bertz CT molecular complexity index is 418. The van der Waals surface area contributed by atoms with Crippen molar-refractivity contribution < 1.29 is 5.21 Å². The second kappa shape index (κ2) is 7.44. The van der Waals surface area contributed by atoms with Gasteiger partial charge in [-0.15, -0.1) is 0 Å². The Hall–Kier alpha value is -1.35. The first kappa shape index (κ1) is 15.0. The van der Waals surface area contributed by atoms with E-state index in [1.165, 1.54) is 12.0 Å². The van der Waals surface area contributed by atoms with Crippen molar-refractivity contribution in [1.82, 2.24) is 4.90 Å². The summed E-state index contributed by atoms with van der Waals surface area (Å²) >= 11 is 0. The van der Waals surface area contributed by atoms with E-state index < -0.39 is 0 Å². The molecular formula is C17H26N2O. The van der Waals surface area contributed by atoms with Crippen LogP contribution in [0.4, 0.5) is 0 Å². The predicted octanol–water partition coefficient (Wildman–Crippen LogP) is 3.57. The second-order valence-electron chi connectivity index (χ2n) is 6.06. The second-order valence-corrected chi connectivity index (χ2v) is 6.06. The number of hydrogen-bond acceptors (Lipinski definition) is 3. The van der Waals surface area contributed by atoms with Gasteiger partial charge in [-0.25, -0.2) is 0 Å². The first-order valence-electron chi connectivity index (χ1n) is 7.61. The van der Waals surface area contributed by atoms with E-state index in [1.807, 2.05) is 0 Å². The molecule has 3 nitrogen and oxygen atoms in total. The highest BCUT2D eigenvalue weighted by atomic mass is 16.4. The maximum absolute atomic E-state index is 8.85. The standard InChI is InChI=1S/C17H26N2O/c1-19(2)17(13-8-14-6-4-3-5-7-14)15-9-11-16(18-20)12-10-15/h3-7,15,17,20H,8-13H2,1-2H3. The lowest BCUT2D eigenvalue weighted by molar-refractivity contribution is 0.177. The molecule has 0 aliphatic heterocycles. The zero-order chi connectivity index (χ0) is 14.4.